The second kappa shape index (κ2) is 5.67. The molecular weight excluding hydrogens is 368 g/mol. The van der Waals surface area contributed by atoms with Crippen LogP contribution in [-0.2, 0) is 0 Å². The Hall–Kier alpha value is -2.73. The van der Waals surface area contributed by atoms with Crippen LogP contribution in [0.25, 0.3) is 44.8 Å². The van der Waals surface area contributed by atoms with Crippen molar-refractivity contribution in [2.75, 3.05) is 0 Å². The predicted octanol–water partition coefficient (Wildman–Crippen LogP) is 7.27. The highest BCUT2D eigenvalue weighted by Gasteiger charge is 2.15. The van der Waals surface area contributed by atoms with E-state index in [0.717, 1.165) is 4.47 Å². The standard InChI is InChI=1S/C24H14Br/c25-24-22-10-4-2-7-17(22)14-18-12-13-19(15-23(18)24)21-11-5-8-16-6-1-3-9-20(16)21/h2-15H/q+1. The summed E-state index contributed by atoms with van der Waals surface area (Å²) in [6.07, 6.45) is 9.34. The van der Waals surface area contributed by atoms with Gasteiger partial charge in [0.05, 0.1) is 11.6 Å². The van der Waals surface area contributed by atoms with Gasteiger partial charge in [0, 0.05) is 22.2 Å². The first-order valence-corrected chi connectivity index (χ1v) is 9.11. The van der Waals surface area contributed by atoms with E-state index in [0.29, 0.717) is 0 Å². The summed E-state index contributed by atoms with van der Waals surface area (Å²) in [5.74, 6) is 0. The summed E-state index contributed by atoms with van der Waals surface area (Å²) in [7, 11) is 0. The number of hydrogen-bond acceptors (Lipinski definition) is 0. The number of halogens is 1. The molecule has 0 aromatic heterocycles. The number of allylic oxidation sites excluding steroid dienone is 2. The summed E-state index contributed by atoms with van der Waals surface area (Å²) in [6, 6.07) is 23.9. The summed E-state index contributed by atoms with van der Waals surface area (Å²) in [4.78, 5) is 0. The van der Waals surface area contributed by atoms with Crippen molar-refractivity contribution in [3.8, 4) is 11.1 Å². The fraction of sp³-hybridized carbons (Fsp3) is 0. The molecule has 0 atom stereocenters. The maximum Gasteiger partial charge on any atom is 0.111 e. The van der Waals surface area contributed by atoms with Gasteiger partial charge in [0.1, 0.15) is 17.7 Å². The molecule has 0 saturated carbocycles. The monoisotopic (exact) mass is 381 g/mol. The molecule has 1 aliphatic rings. The molecule has 0 aliphatic heterocycles. The first kappa shape index (κ1) is 14.6. The predicted molar refractivity (Wildman–Crippen MR) is 111 cm³/mol. The highest BCUT2D eigenvalue weighted by molar-refractivity contribution is 9.10. The Morgan fingerprint density at radius 3 is 2.60 bits per heavy atom. The lowest BCUT2D eigenvalue weighted by molar-refractivity contribution is 1.56. The number of rotatable bonds is 1. The number of benzene rings is 4. The molecule has 0 amide bonds. The van der Waals surface area contributed by atoms with Gasteiger partial charge in [0.15, 0.2) is 0 Å². The van der Waals surface area contributed by atoms with Gasteiger partial charge in [-0.15, -0.1) is 0 Å². The molecule has 0 N–H and O–H groups in total. The van der Waals surface area contributed by atoms with E-state index in [2.05, 4.69) is 94.8 Å². The second-order valence-electron chi connectivity index (χ2n) is 6.30. The Balaban J connectivity index is 1.79. The zero-order chi connectivity index (χ0) is 16.8. The molecule has 0 radical (unpaired) electrons. The summed E-state index contributed by atoms with van der Waals surface area (Å²) >= 11 is 3.83. The molecule has 25 heavy (non-hydrogen) atoms. The van der Waals surface area contributed by atoms with Crippen molar-refractivity contribution in [3.63, 3.8) is 0 Å². The molecule has 0 saturated heterocycles. The minimum absolute atomic E-state index is 1.16. The van der Waals surface area contributed by atoms with Gasteiger partial charge in [0.25, 0.3) is 0 Å². The minimum atomic E-state index is 1.16. The number of hydrogen-bond donors (Lipinski definition) is 0. The average molecular weight is 382 g/mol. The van der Waals surface area contributed by atoms with Gasteiger partial charge < -0.3 is 0 Å². The Kier molecular flexibility index (Phi) is 3.31. The van der Waals surface area contributed by atoms with Crippen LogP contribution >= 0.6 is 15.9 Å². The van der Waals surface area contributed by atoms with Gasteiger partial charge in [-0.3, -0.25) is 0 Å². The highest BCUT2D eigenvalue weighted by Crippen LogP contribution is 2.37. The zero-order valence-corrected chi connectivity index (χ0v) is 15.0. The van der Waals surface area contributed by atoms with E-state index in [1.54, 1.807) is 0 Å². The molecule has 0 unspecified atom stereocenters. The van der Waals surface area contributed by atoms with Crippen LogP contribution in [0.1, 0.15) is 11.1 Å². The summed E-state index contributed by atoms with van der Waals surface area (Å²) in [5, 5.41) is 5.01. The number of fused-ring (bicyclic) bond motifs is 3. The van der Waals surface area contributed by atoms with E-state index in [-0.39, 0.29) is 0 Å². The fourth-order valence-electron chi connectivity index (χ4n) is 3.59. The van der Waals surface area contributed by atoms with Gasteiger partial charge >= 0.3 is 0 Å². The van der Waals surface area contributed by atoms with Crippen LogP contribution in [0.2, 0.25) is 0 Å². The van der Waals surface area contributed by atoms with Crippen LogP contribution in [0, 0.1) is 6.08 Å². The Bertz CT molecular complexity index is 1200. The van der Waals surface area contributed by atoms with E-state index in [1.807, 2.05) is 12.2 Å². The van der Waals surface area contributed by atoms with Crippen molar-refractivity contribution in [1.29, 1.82) is 0 Å². The van der Waals surface area contributed by atoms with Crippen LogP contribution in [0.15, 0.2) is 77.3 Å². The van der Waals surface area contributed by atoms with Crippen LogP contribution in [0.5, 0.6) is 0 Å². The smallest absolute Gasteiger partial charge is 0.0616 e. The lowest BCUT2D eigenvalue weighted by Gasteiger charge is -2.10. The molecular formula is C24H14Br+. The van der Waals surface area contributed by atoms with E-state index in [1.165, 1.54) is 43.8 Å². The van der Waals surface area contributed by atoms with Gasteiger partial charge in [-0.25, -0.2) is 0 Å². The lowest BCUT2D eigenvalue weighted by atomic mass is 9.91. The normalized spacial score (nSPS) is 12.4. The third kappa shape index (κ3) is 2.33. The molecule has 0 bridgehead atoms. The molecule has 0 fully saturated rings. The molecule has 0 heterocycles. The molecule has 5 rings (SSSR count). The van der Waals surface area contributed by atoms with Crippen molar-refractivity contribution in [2.24, 2.45) is 0 Å². The van der Waals surface area contributed by atoms with E-state index in [9.17, 15) is 0 Å². The first-order chi connectivity index (χ1) is 12.3. The Labute approximate surface area is 155 Å². The molecule has 4 aromatic carbocycles. The van der Waals surface area contributed by atoms with Crippen molar-refractivity contribution in [2.45, 2.75) is 0 Å². The van der Waals surface area contributed by atoms with Gasteiger partial charge in [-0.2, -0.15) is 0 Å². The van der Waals surface area contributed by atoms with E-state index in [4.69, 9.17) is 0 Å². The van der Waals surface area contributed by atoms with Gasteiger partial charge in [-0.1, -0.05) is 42.5 Å². The molecule has 0 nitrogen and oxygen atoms in total. The van der Waals surface area contributed by atoms with E-state index < -0.39 is 0 Å². The van der Waals surface area contributed by atoms with Crippen molar-refractivity contribution < 1.29 is 0 Å². The van der Waals surface area contributed by atoms with Gasteiger partial charge in [-0.05, 0) is 61.2 Å². The van der Waals surface area contributed by atoms with Gasteiger partial charge in [0.2, 0.25) is 0 Å². The topological polar surface area (TPSA) is 0 Å². The zero-order valence-electron chi connectivity index (χ0n) is 13.5. The second-order valence-corrected chi connectivity index (χ2v) is 7.09. The van der Waals surface area contributed by atoms with Crippen LogP contribution < -0.4 is 0 Å². The fourth-order valence-corrected chi connectivity index (χ4v) is 4.30. The Morgan fingerprint density at radius 2 is 1.64 bits per heavy atom. The maximum atomic E-state index is 3.83. The van der Waals surface area contributed by atoms with Crippen molar-refractivity contribution >= 4 is 49.6 Å². The largest absolute Gasteiger partial charge is 0.111 e. The van der Waals surface area contributed by atoms with Crippen LogP contribution in [-0.4, -0.2) is 0 Å². The molecule has 116 valence electrons. The SMILES string of the molecule is Brc1c2ccccc2cc2ccc(-c3cccc4c3C=C[C+]=C4)cc12. The molecule has 0 spiro atoms. The maximum absolute atomic E-state index is 3.83. The van der Waals surface area contributed by atoms with Crippen LogP contribution in [0.4, 0.5) is 0 Å². The summed E-state index contributed by atoms with van der Waals surface area (Å²) in [6.45, 7) is 0. The highest BCUT2D eigenvalue weighted by atomic mass is 79.9. The van der Waals surface area contributed by atoms with Crippen molar-refractivity contribution in [1.82, 2.24) is 0 Å². The Morgan fingerprint density at radius 1 is 0.760 bits per heavy atom. The summed E-state index contributed by atoms with van der Waals surface area (Å²) in [5.41, 5.74) is 4.98. The third-order valence-electron chi connectivity index (χ3n) is 4.83. The quantitative estimate of drug-likeness (QED) is 0.240. The van der Waals surface area contributed by atoms with E-state index >= 15 is 0 Å². The summed E-state index contributed by atoms with van der Waals surface area (Å²) < 4.78 is 1.16. The van der Waals surface area contributed by atoms with Crippen LogP contribution in [0.3, 0.4) is 0 Å². The minimum Gasteiger partial charge on any atom is -0.0616 e. The first-order valence-electron chi connectivity index (χ1n) is 8.31. The van der Waals surface area contributed by atoms with Crippen molar-refractivity contribution in [3.05, 3.63) is 94.5 Å². The molecule has 4 aromatic rings. The molecule has 1 aliphatic carbocycles. The average Bonchev–Trinajstić information content (AvgIpc) is 2.68. The third-order valence-corrected chi connectivity index (χ3v) is 5.69. The molecule has 1 heteroatoms. The lowest BCUT2D eigenvalue weighted by Crippen LogP contribution is -1.90.